The Balaban J connectivity index is 3.41. The van der Waals surface area contributed by atoms with Crippen LogP contribution in [0.3, 0.4) is 0 Å². The molecule has 0 spiro atoms. The van der Waals surface area contributed by atoms with Gasteiger partial charge in [0, 0.05) is 11.6 Å². The molecule has 0 aliphatic heterocycles. The number of carboxylic acids is 2. The molecule has 0 aromatic heterocycles. The first-order chi connectivity index (χ1) is 7.21. The molecular weight excluding hydrogens is 234 g/mol. The van der Waals surface area contributed by atoms with Gasteiger partial charge in [-0.25, -0.2) is 4.79 Å². The van der Waals surface area contributed by atoms with Crippen molar-refractivity contribution in [2.75, 3.05) is 0 Å². The highest BCUT2D eigenvalue weighted by Gasteiger charge is 2.45. The van der Waals surface area contributed by atoms with Gasteiger partial charge >= 0.3 is 11.9 Å². The van der Waals surface area contributed by atoms with Gasteiger partial charge < -0.3 is 15.9 Å². The first kappa shape index (κ1) is 12.6. The lowest BCUT2D eigenvalue weighted by atomic mass is 9.70. The van der Waals surface area contributed by atoms with Gasteiger partial charge in [0.2, 0.25) is 0 Å². The van der Waals surface area contributed by atoms with Crippen LogP contribution in [0.25, 0.3) is 0 Å². The summed E-state index contributed by atoms with van der Waals surface area (Å²) in [7, 11) is 0. The SMILES string of the molecule is CC1C(C(=O)O)=C(Cl)C(N)=CC1(C)C(=O)O. The maximum Gasteiger partial charge on any atom is 0.333 e. The van der Waals surface area contributed by atoms with Crippen LogP contribution in [0.1, 0.15) is 13.8 Å². The number of hydrogen-bond donors (Lipinski definition) is 3. The molecule has 88 valence electrons. The number of hydrogen-bond acceptors (Lipinski definition) is 3. The summed E-state index contributed by atoms with van der Waals surface area (Å²) >= 11 is 5.77. The van der Waals surface area contributed by atoms with Crippen molar-refractivity contribution < 1.29 is 19.8 Å². The number of allylic oxidation sites excluding steroid dienone is 1. The van der Waals surface area contributed by atoms with Gasteiger partial charge in [-0.1, -0.05) is 18.5 Å². The normalized spacial score (nSPS) is 29.9. The zero-order valence-corrected chi connectivity index (χ0v) is 9.58. The Morgan fingerprint density at radius 3 is 2.38 bits per heavy atom. The third-order valence-electron chi connectivity index (χ3n) is 2.97. The summed E-state index contributed by atoms with van der Waals surface area (Å²) in [6, 6.07) is 0. The van der Waals surface area contributed by atoms with Crippen molar-refractivity contribution in [3.05, 3.63) is 22.4 Å². The molecule has 0 heterocycles. The summed E-state index contributed by atoms with van der Waals surface area (Å²) in [6.45, 7) is 2.92. The quantitative estimate of drug-likeness (QED) is 0.677. The molecule has 4 N–H and O–H groups in total. The Morgan fingerprint density at radius 2 is 2.00 bits per heavy atom. The molecule has 0 saturated heterocycles. The zero-order valence-electron chi connectivity index (χ0n) is 8.82. The van der Waals surface area contributed by atoms with Crippen LogP contribution >= 0.6 is 11.6 Å². The molecule has 0 aromatic carbocycles. The average molecular weight is 246 g/mol. The molecule has 1 aliphatic rings. The Kier molecular flexibility index (Phi) is 3.01. The molecule has 0 fully saturated rings. The molecule has 0 bridgehead atoms. The van der Waals surface area contributed by atoms with Gasteiger partial charge in [-0.05, 0) is 13.0 Å². The monoisotopic (exact) mass is 245 g/mol. The molecular formula is C10H12ClNO4. The highest BCUT2D eigenvalue weighted by atomic mass is 35.5. The van der Waals surface area contributed by atoms with Gasteiger partial charge in [-0.15, -0.1) is 0 Å². The van der Waals surface area contributed by atoms with Crippen LogP contribution in [-0.4, -0.2) is 22.2 Å². The molecule has 0 saturated carbocycles. The van der Waals surface area contributed by atoms with Crippen LogP contribution in [0.5, 0.6) is 0 Å². The van der Waals surface area contributed by atoms with Gasteiger partial charge in [0.25, 0.3) is 0 Å². The first-order valence-electron chi connectivity index (χ1n) is 4.57. The lowest BCUT2D eigenvalue weighted by Crippen LogP contribution is -2.39. The number of halogens is 1. The third kappa shape index (κ3) is 1.67. The second-order valence-corrected chi connectivity index (χ2v) is 4.32. The highest BCUT2D eigenvalue weighted by Crippen LogP contribution is 2.42. The van der Waals surface area contributed by atoms with Gasteiger partial charge in [-0.3, -0.25) is 4.79 Å². The van der Waals surface area contributed by atoms with Crippen molar-refractivity contribution in [2.24, 2.45) is 17.1 Å². The minimum atomic E-state index is -1.35. The van der Waals surface area contributed by atoms with E-state index in [1.807, 2.05) is 0 Å². The van der Waals surface area contributed by atoms with E-state index in [4.69, 9.17) is 27.5 Å². The minimum Gasteiger partial charge on any atom is -0.481 e. The average Bonchev–Trinajstić information content (AvgIpc) is 2.14. The Labute approximate surface area is 97.2 Å². The third-order valence-corrected chi connectivity index (χ3v) is 3.39. The van der Waals surface area contributed by atoms with E-state index in [-0.39, 0.29) is 16.3 Å². The van der Waals surface area contributed by atoms with Crippen molar-refractivity contribution >= 4 is 23.5 Å². The van der Waals surface area contributed by atoms with Crippen LogP contribution < -0.4 is 5.73 Å². The van der Waals surface area contributed by atoms with Crippen molar-refractivity contribution in [1.82, 2.24) is 0 Å². The van der Waals surface area contributed by atoms with E-state index in [1.54, 1.807) is 0 Å². The lowest BCUT2D eigenvalue weighted by molar-refractivity contribution is -0.147. The fraction of sp³-hybridized carbons (Fsp3) is 0.400. The minimum absolute atomic E-state index is 0.0120. The van der Waals surface area contributed by atoms with Crippen molar-refractivity contribution in [1.29, 1.82) is 0 Å². The fourth-order valence-corrected chi connectivity index (χ4v) is 1.98. The van der Waals surface area contributed by atoms with Crippen LogP contribution in [0.4, 0.5) is 0 Å². The van der Waals surface area contributed by atoms with Crippen LogP contribution in [0.2, 0.25) is 0 Å². The van der Waals surface area contributed by atoms with E-state index in [9.17, 15) is 9.59 Å². The highest BCUT2D eigenvalue weighted by molar-refractivity contribution is 6.34. The summed E-state index contributed by atoms with van der Waals surface area (Å²) in [5.74, 6) is -3.13. The first-order valence-corrected chi connectivity index (χ1v) is 4.94. The Hall–Kier alpha value is -1.49. The van der Waals surface area contributed by atoms with Crippen LogP contribution in [-0.2, 0) is 9.59 Å². The van der Waals surface area contributed by atoms with Gasteiger partial charge in [0.1, 0.15) is 0 Å². The van der Waals surface area contributed by atoms with E-state index in [0.717, 1.165) is 0 Å². The van der Waals surface area contributed by atoms with E-state index in [1.165, 1.54) is 19.9 Å². The summed E-state index contributed by atoms with van der Waals surface area (Å²) in [4.78, 5) is 22.2. The van der Waals surface area contributed by atoms with Gasteiger partial charge in [0.05, 0.1) is 16.0 Å². The Morgan fingerprint density at radius 1 is 1.50 bits per heavy atom. The number of rotatable bonds is 2. The summed E-state index contributed by atoms with van der Waals surface area (Å²) in [6.07, 6.45) is 1.29. The molecule has 6 heteroatoms. The standard InChI is InChI=1S/C10H12ClNO4/c1-4-6(8(13)14)7(11)5(12)3-10(4,2)9(15)16/h3-4H,12H2,1-2H3,(H,13,14)(H,15,16). The summed E-state index contributed by atoms with van der Waals surface area (Å²) in [5, 5.41) is 18.0. The van der Waals surface area contributed by atoms with Crippen LogP contribution in [0.15, 0.2) is 22.4 Å². The molecule has 2 unspecified atom stereocenters. The topological polar surface area (TPSA) is 101 Å². The number of carbonyl (C=O) groups is 2. The lowest BCUT2D eigenvalue weighted by Gasteiger charge is -2.33. The predicted octanol–water partition coefficient (Wildman–Crippen LogP) is 1.15. The molecule has 1 aliphatic carbocycles. The number of aliphatic carboxylic acids is 2. The van der Waals surface area contributed by atoms with Crippen molar-refractivity contribution in [3.8, 4) is 0 Å². The van der Waals surface area contributed by atoms with E-state index < -0.39 is 23.3 Å². The number of nitrogens with two attached hydrogens (primary N) is 1. The van der Waals surface area contributed by atoms with Crippen molar-refractivity contribution in [2.45, 2.75) is 13.8 Å². The summed E-state index contributed by atoms with van der Waals surface area (Å²) < 4.78 is 0. The van der Waals surface area contributed by atoms with Gasteiger partial charge in [-0.2, -0.15) is 0 Å². The number of carboxylic acid groups (broad SMARTS) is 2. The molecule has 2 atom stereocenters. The van der Waals surface area contributed by atoms with Crippen LogP contribution in [0, 0.1) is 11.3 Å². The molecule has 1 rings (SSSR count). The maximum absolute atomic E-state index is 11.1. The molecule has 0 amide bonds. The van der Waals surface area contributed by atoms with Gasteiger partial charge in [0.15, 0.2) is 0 Å². The second kappa shape index (κ2) is 3.83. The molecule has 0 radical (unpaired) electrons. The van der Waals surface area contributed by atoms with Crippen molar-refractivity contribution in [3.63, 3.8) is 0 Å². The van der Waals surface area contributed by atoms with E-state index in [2.05, 4.69) is 0 Å². The molecule has 5 nitrogen and oxygen atoms in total. The predicted molar refractivity (Wildman–Crippen MR) is 57.7 cm³/mol. The zero-order chi connectivity index (χ0) is 12.7. The van der Waals surface area contributed by atoms with E-state index in [0.29, 0.717) is 0 Å². The maximum atomic E-state index is 11.1. The largest absolute Gasteiger partial charge is 0.481 e. The Bertz CT molecular complexity index is 427. The van der Waals surface area contributed by atoms with E-state index >= 15 is 0 Å². The fourth-order valence-electron chi connectivity index (χ4n) is 1.68. The second-order valence-electron chi connectivity index (χ2n) is 3.94. The smallest absolute Gasteiger partial charge is 0.333 e. The molecule has 0 aromatic rings. The summed E-state index contributed by atoms with van der Waals surface area (Å²) in [5.41, 5.74) is 4.00. The molecule has 16 heavy (non-hydrogen) atoms.